The minimum Gasteiger partial charge on any atom is -0.304 e. The van der Waals surface area contributed by atoms with Crippen LogP contribution >= 0.6 is 0 Å². The third-order valence-electron chi connectivity index (χ3n) is 1.68. The van der Waals surface area contributed by atoms with Crippen molar-refractivity contribution in [3.63, 3.8) is 0 Å². The first-order valence-corrected chi connectivity index (χ1v) is 3.56. The maximum absolute atomic E-state index is 11.3. The summed E-state index contributed by atoms with van der Waals surface area (Å²) in [6.45, 7) is 0. The second-order valence-corrected chi connectivity index (χ2v) is 2.61. The van der Waals surface area contributed by atoms with E-state index in [0.29, 0.717) is 0 Å². The molecule has 0 spiro atoms. The first-order valence-electron chi connectivity index (χ1n) is 3.56. The van der Waals surface area contributed by atoms with Crippen molar-refractivity contribution >= 4 is 6.03 Å². The third kappa shape index (κ3) is 1.84. The molecule has 0 aromatic carbocycles. The Balaban J connectivity index is 2.97. The van der Waals surface area contributed by atoms with Crippen molar-refractivity contribution in [2.75, 3.05) is 14.1 Å². The highest BCUT2D eigenvalue weighted by atomic mass is 16.6. The van der Waals surface area contributed by atoms with Gasteiger partial charge in [0.15, 0.2) is 0 Å². The van der Waals surface area contributed by atoms with Crippen LogP contribution in [0.15, 0.2) is 24.2 Å². The summed E-state index contributed by atoms with van der Waals surface area (Å²) in [5.74, 6) is 0. The van der Waals surface area contributed by atoms with Gasteiger partial charge in [0.05, 0.1) is 4.92 Å². The molecule has 6 nitrogen and oxygen atoms in total. The summed E-state index contributed by atoms with van der Waals surface area (Å²) in [6, 6.07) is -0.296. The lowest BCUT2D eigenvalue weighted by Crippen LogP contribution is -2.38. The Morgan fingerprint density at radius 1 is 1.54 bits per heavy atom. The smallest absolute Gasteiger partial charge is 0.304 e. The van der Waals surface area contributed by atoms with Gasteiger partial charge in [-0.3, -0.25) is 15.0 Å². The monoisotopic (exact) mass is 183 g/mol. The topological polar surface area (TPSA) is 66.7 Å². The Hall–Kier alpha value is -1.85. The van der Waals surface area contributed by atoms with Gasteiger partial charge in [0.1, 0.15) is 5.70 Å². The number of urea groups is 1. The number of carbonyl (C=O) groups excluding carboxylic acids is 1. The summed E-state index contributed by atoms with van der Waals surface area (Å²) in [5.41, 5.74) is 0.271. The molecule has 1 aliphatic rings. The molecule has 1 aliphatic heterocycles. The second kappa shape index (κ2) is 3.26. The van der Waals surface area contributed by atoms with Gasteiger partial charge < -0.3 is 4.90 Å². The molecule has 0 fully saturated rings. The summed E-state index contributed by atoms with van der Waals surface area (Å²) >= 11 is 0. The van der Waals surface area contributed by atoms with E-state index in [2.05, 4.69) is 0 Å². The predicted molar refractivity (Wildman–Crippen MR) is 45.1 cm³/mol. The van der Waals surface area contributed by atoms with Gasteiger partial charge >= 0.3 is 6.03 Å². The predicted octanol–water partition coefficient (Wildman–Crippen LogP) is 0.615. The van der Waals surface area contributed by atoms with Gasteiger partial charge in [0.25, 0.3) is 6.20 Å². The van der Waals surface area contributed by atoms with Crippen LogP contribution < -0.4 is 0 Å². The van der Waals surface area contributed by atoms with Crippen LogP contribution in [0.2, 0.25) is 0 Å². The summed E-state index contributed by atoms with van der Waals surface area (Å²) in [4.78, 5) is 23.4. The lowest BCUT2D eigenvalue weighted by Gasteiger charge is -2.25. The molecular formula is C7H9N3O3. The summed E-state index contributed by atoms with van der Waals surface area (Å²) in [6.07, 6.45) is 3.78. The van der Waals surface area contributed by atoms with Crippen molar-refractivity contribution < 1.29 is 9.72 Å². The number of allylic oxidation sites excluding steroid dienone is 1. The van der Waals surface area contributed by atoms with Crippen LogP contribution in [-0.4, -0.2) is 34.8 Å². The van der Waals surface area contributed by atoms with Gasteiger partial charge in [0.2, 0.25) is 0 Å². The highest BCUT2D eigenvalue weighted by Gasteiger charge is 2.21. The van der Waals surface area contributed by atoms with Crippen molar-refractivity contribution in [3.8, 4) is 0 Å². The number of rotatable bonds is 1. The van der Waals surface area contributed by atoms with Crippen molar-refractivity contribution in [2.45, 2.75) is 0 Å². The number of nitro groups is 1. The molecule has 0 saturated carbocycles. The first-order chi connectivity index (χ1) is 6.02. The number of hydrogen-bond donors (Lipinski definition) is 0. The minimum atomic E-state index is -0.589. The zero-order valence-electron chi connectivity index (χ0n) is 7.30. The number of amides is 2. The molecule has 6 heteroatoms. The summed E-state index contributed by atoms with van der Waals surface area (Å²) < 4.78 is 0. The van der Waals surface area contributed by atoms with Gasteiger partial charge in [-0.25, -0.2) is 4.79 Å². The molecule has 0 aliphatic carbocycles. The summed E-state index contributed by atoms with van der Waals surface area (Å²) in [7, 11) is 3.07. The molecule has 1 rings (SSSR count). The Kier molecular flexibility index (Phi) is 2.32. The summed E-state index contributed by atoms with van der Waals surface area (Å²) in [5, 5.41) is 10.1. The van der Waals surface area contributed by atoms with Crippen LogP contribution in [0.4, 0.5) is 4.79 Å². The molecule has 0 N–H and O–H groups in total. The average molecular weight is 183 g/mol. The molecular weight excluding hydrogens is 174 g/mol. The molecule has 0 aromatic rings. The Labute approximate surface area is 74.9 Å². The van der Waals surface area contributed by atoms with E-state index < -0.39 is 4.92 Å². The normalized spacial score (nSPS) is 19.8. The van der Waals surface area contributed by atoms with E-state index in [1.165, 1.54) is 29.1 Å². The van der Waals surface area contributed by atoms with Gasteiger partial charge in [-0.15, -0.1) is 0 Å². The van der Waals surface area contributed by atoms with Crippen LogP contribution in [0.5, 0.6) is 0 Å². The van der Waals surface area contributed by atoms with Crippen LogP contribution in [0.3, 0.4) is 0 Å². The van der Waals surface area contributed by atoms with E-state index >= 15 is 0 Å². The number of carbonyl (C=O) groups is 1. The number of likely N-dealkylation sites (N-methyl/N-ethyl adjacent to an activating group) is 1. The fourth-order valence-corrected chi connectivity index (χ4v) is 0.948. The lowest BCUT2D eigenvalue weighted by molar-refractivity contribution is -0.404. The molecule has 0 saturated heterocycles. The Morgan fingerprint density at radius 3 is 2.69 bits per heavy atom. The first kappa shape index (κ1) is 9.24. The maximum atomic E-state index is 11.3. The fourth-order valence-electron chi connectivity index (χ4n) is 0.948. The highest BCUT2D eigenvalue weighted by Crippen LogP contribution is 2.12. The largest absolute Gasteiger partial charge is 0.328 e. The quantitative estimate of drug-likeness (QED) is 0.442. The van der Waals surface area contributed by atoms with Crippen LogP contribution in [0.1, 0.15) is 0 Å². The second-order valence-electron chi connectivity index (χ2n) is 2.61. The van der Waals surface area contributed by atoms with Gasteiger partial charge in [0, 0.05) is 20.3 Å². The zero-order valence-corrected chi connectivity index (χ0v) is 7.30. The van der Waals surface area contributed by atoms with Crippen molar-refractivity contribution in [2.24, 2.45) is 0 Å². The van der Waals surface area contributed by atoms with Gasteiger partial charge in [-0.2, -0.15) is 0 Å². The molecule has 70 valence electrons. The van der Waals surface area contributed by atoms with E-state index in [1.807, 2.05) is 0 Å². The van der Waals surface area contributed by atoms with Crippen molar-refractivity contribution in [3.05, 3.63) is 34.3 Å². The minimum absolute atomic E-state index is 0.271. The number of hydrogen-bond acceptors (Lipinski definition) is 3. The van der Waals surface area contributed by atoms with E-state index in [9.17, 15) is 14.9 Å². The zero-order chi connectivity index (χ0) is 10.0. The van der Waals surface area contributed by atoms with Crippen molar-refractivity contribution in [1.29, 1.82) is 0 Å². The van der Waals surface area contributed by atoms with E-state index in [1.54, 1.807) is 7.05 Å². The fraction of sp³-hybridized carbons (Fsp3) is 0.286. The molecule has 0 atom stereocenters. The third-order valence-corrected chi connectivity index (χ3v) is 1.68. The Morgan fingerprint density at radius 2 is 2.15 bits per heavy atom. The average Bonchev–Trinajstić information content (AvgIpc) is 2.06. The van der Waals surface area contributed by atoms with E-state index in [-0.39, 0.29) is 11.7 Å². The molecule has 0 radical (unpaired) electrons. The molecule has 0 bridgehead atoms. The van der Waals surface area contributed by atoms with Gasteiger partial charge in [-0.1, -0.05) is 0 Å². The highest BCUT2D eigenvalue weighted by molar-refractivity contribution is 5.78. The van der Waals surface area contributed by atoms with E-state index in [4.69, 9.17) is 0 Å². The maximum Gasteiger partial charge on any atom is 0.328 e. The molecule has 13 heavy (non-hydrogen) atoms. The Bertz CT molecular complexity index is 308. The van der Waals surface area contributed by atoms with Crippen LogP contribution in [-0.2, 0) is 0 Å². The molecule has 0 aromatic heterocycles. The molecule has 1 heterocycles. The molecule has 2 amide bonds. The standard InChI is InChI=1S/C7H9N3O3/c1-8-4-3-6(5-10(12)13)9(2)7(8)11/h3-5H,1-2H3/b6-5-. The van der Waals surface area contributed by atoms with Crippen LogP contribution in [0.25, 0.3) is 0 Å². The lowest BCUT2D eigenvalue weighted by atomic mass is 10.3. The molecule has 0 unspecified atom stereocenters. The van der Waals surface area contributed by atoms with Gasteiger partial charge in [-0.05, 0) is 6.08 Å². The SMILES string of the molecule is CN1C=C/C(=C/[N+](=O)[O-])N(C)C1=O. The van der Waals surface area contributed by atoms with Crippen LogP contribution in [0, 0.1) is 10.1 Å². The van der Waals surface area contributed by atoms with E-state index in [0.717, 1.165) is 6.20 Å². The van der Waals surface area contributed by atoms with Crippen molar-refractivity contribution in [1.82, 2.24) is 9.80 Å². The number of nitrogens with zero attached hydrogens (tertiary/aromatic N) is 3.